The summed E-state index contributed by atoms with van der Waals surface area (Å²) in [6.45, 7) is 1.84. The number of pyridine rings is 1. The number of hydrogen-bond donors (Lipinski definition) is 0. The second-order valence-electron chi connectivity index (χ2n) is 6.10. The Kier molecular flexibility index (Phi) is 3.50. The molecule has 0 bridgehead atoms. The van der Waals surface area contributed by atoms with E-state index in [-0.39, 0.29) is 0 Å². The molecule has 27 heavy (non-hydrogen) atoms. The lowest BCUT2D eigenvalue weighted by atomic mass is 10.1. The third kappa shape index (κ3) is 2.65. The number of hydrogen-bond acceptors (Lipinski definition) is 6. The van der Waals surface area contributed by atoms with Gasteiger partial charge in [0.1, 0.15) is 11.5 Å². The molecule has 4 aromatic heterocycles. The first-order valence-electron chi connectivity index (χ1n) is 8.46. The fraction of sp³-hybridized carbons (Fsp3) is 0.0500. The van der Waals surface area contributed by atoms with E-state index in [1.807, 2.05) is 67.6 Å². The predicted molar refractivity (Wildman–Crippen MR) is 102 cm³/mol. The lowest BCUT2D eigenvalue weighted by Gasteiger charge is -2.04. The molecule has 0 unspecified atom stereocenters. The third-order valence-electron chi connectivity index (χ3n) is 4.25. The fourth-order valence-electron chi connectivity index (χ4n) is 3.00. The quantitative estimate of drug-likeness (QED) is 0.490. The first-order chi connectivity index (χ1) is 13.3. The molecule has 7 nitrogen and oxygen atoms in total. The Bertz CT molecular complexity index is 1290. The van der Waals surface area contributed by atoms with Crippen LogP contribution < -0.4 is 0 Å². The van der Waals surface area contributed by atoms with Crippen LogP contribution >= 0.6 is 0 Å². The summed E-state index contributed by atoms with van der Waals surface area (Å²) < 4.78 is 6.91. The zero-order chi connectivity index (χ0) is 18.2. The molecule has 7 heteroatoms. The van der Waals surface area contributed by atoms with Gasteiger partial charge in [-0.1, -0.05) is 34.6 Å². The van der Waals surface area contributed by atoms with Crippen molar-refractivity contribution in [1.29, 1.82) is 0 Å². The lowest BCUT2D eigenvalue weighted by molar-refractivity contribution is 0.399. The smallest absolute Gasteiger partial charge is 0.186 e. The molecule has 0 saturated carbocycles. The number of para-hydroxylation sites is 1. The first-order valence-corrected chi connectivity index (χ1v) is 8.46. The molecule has 0 amide bonds. The molecule has 0 atom stereocenters. The summed E-state index contributed by atoms with van der Waals surface area (Å²) in [5.41, 5.74) is 4.43. The van der Waals surface area contributed by atoms with Gasteiger partial charge in [-0.2, -0.15) is 4.52 Å². The molecule has 0 saturated heterocycles. The molecule has 0 aliphatic heterocycles. The minimum atomic E-state index is 0.588. The maximum Gasteiger partial charge on any atom is 0.186 e. The highest BCUT2D eigenvalue weighted by molar-refractivity contribution is 5.92. The minimum Gasteiger partial charge on any atom is -0.361 e. The number of aryl methyl sites for hydroxylation is 1. The van der Waals surface area contributed by atoms with Crippen LogP contribution in [-0.2, 0) is 0 Å². The van der Waals surface area contributed by atoms with E-state index in [4.69, 9.17) is 9.51 Å². The van der Waals surface area contributed by atoms with Crippen molar-refractivity contribution < 1.29 is 4.52 Å². The standard InChI is InChI=1S/C20H14N6O/c1-13-12-17(24-27-13)19-20-22-16(10-9-14-6-4-5-11-21-14)15-7-2-3-8-18(15)26(20)25-23-19/h2-12H,1H3/b10-9+. The Hall–Kier alpha value is -3.87. The van der Waals surface area contributed by atoms with Crippen molar-refractivity contribution in [1.82, 2.24) is 30.0 Å². The number of rotatable bonds is 3. The first kappa shape index (κ1) is 15.4. The topological polar surface area (TPSA) is 82.0 Å². The normalized spacial score (nSPS) is 11.7. The fourth-order valence-corrected chi connectivity index (χ4v) is 3.00. The summed E-state index contributed by atoms with van der Waals surface area (Å²) in [5, 5.41) is 13.6. The molecule has 0 aliphatic carbocycles. The molecule has 0 fully saturated rings. The Morgan fingerprint density at radius 3 is 2.74 bits per heavy atom. The van der Waals surface area contributed by atoms with Crippen molar-refractivity contribution in [2.45, 2.75) is 6.92 Å². The second-order valence-corrected chi connectivity index (χ2v) is 6.10. The zero-order valence-corrected chi connectivity index (χ0v) is 14.4. The van der Waals surface area contributed by atoms with Gasteiger partial charge in [-0.15, -0.1) is 5.10 Å². The van der Waals surface area contributed by atoms with Gasteiger partial charge in [-0.05, 0) is 37.3 Å². The van der Waals surface area contributed by atoms with Crippen LogP contribution in [0, 0.1) is 6.92 Å². The van der Waals surface area contributed by atoms with E-state index in [0.29, 0.717) is 22.8 Å². The maximum absolute atomic E-state index is 5.18. The van der Waals surface area contributed by atoms with Gasteiger partial charge in [0.25, 0.3) is 0 Å². The van der Waals surface area contributed by atoms with Crippen molar-refractivity contribution >= 4 is 28.7 Å². The van der Waals surface area contributed by atoms with E-state index in [1.165, 1.54) is 0 Å². The molecule has 0 radical (unpaired) electrons. The van der Waals surface area contributed by atoms with Crippen LogP contribution in [0.5, 0.6) is 0 Å². The van der Waals surface area contributed by atoms with Crippen molar-refractivity contribution in [3.8, 4) is 11.4 Å². The molecule has 0 aliphatic rings. The third-order valence-corrected chi connectivity index (χ3v) is 4.25. The molecule has 5 aromatic rings. The summed E-state index contributed by atoms with van der Waals surface area (Å²) in [5.74, 6) is 0.710. The van der Waals surface area contributed by atoms with Gasteiger partial charge in [0.2, 0.25) is 0 Å². The lowest BCUT2D eigenvalue weighted by Crippen LogP contribution is -1.96. The summed E-state index contributed by atoms with van der Waals surface area (Å²) in [6, 6.07) is 15.6. The van der Waals surface area contributed by atoms with Gasteiger partial charge in [-0.3, -0.25) is 4.98 Å². The largest absolute Gasteiger partial charge is 0.361 e. The summed E-state index contributed by atoms with van der Waals surface area (Å²) in [7, 11) is 0. The second kappa shape index (κ2) is 6.14. The van der Waals surface area contributed by atoms with Crippen molar-refractivity contribution in [2.24, 2.45) is 0 Å². The molecule has 0 spiro atoms. The molecule has 1 aromatic carbocycles. The van der Waals surface area contributed by atoms with Crippen LogP contribution in [0.4, 0.5) is 0 Å². The summed E-state index contributed by atoms with van der Waals surface area (Å²) in [6.07, 6.45) is 5.66. The number of aromatic nitrogens is 6. The Balaban J connectivity index is 1.74. The average molecular weight is 354 g/mol. The van der Waals surface area contributed by atoms with Crippen molar-refractivity contribution in [3.63, 3.8) is 0 Å². The van der Waals surface area contributed by atoms with Gasteiger partial charge in [-0.25, -0.2) is 4.98 Å². The Morgan fingerprint density at radius 2 is 1.93 bits per heavy atom. The van der Waals surface area contributed by atoms with Gasteiger partial charge in [0.15, 0.2) is 11.3 Å². The van der Waals surface area contributed by atoms with Crippen molar-refractivity contribution in [2.75, 3.05) is 0 Å². The highest BCUT2D eigenvalue weighted by Gasteiger charge is 2.17. The zero-order valence-electron chi connectivity index (χ0n) is 14.4. The molecular formula is C20H14N6O. The van der Waals surface area contributed by atoms with Crippen LogP contribution in [-0.4, -0.2) is 30.0 Å². The number of benzene rings is 1. The Labute approximate surface area is 154 Å². The molecule has 5 rings (SSSR count). The van der Waals surface area contributed by atoms with Gasteiger partial charge in [0, 0.05) is 17.6 Å². The highest BCUT2D eigenvalue weighted by Crippen LogP contribution is 2.26. The summed E-state index contributed by atoms with van der Waals surface area (Å²) in [4.78, 5) is 9.13. The highest BCUT2D eigenvalue weighted by atomic mass is 16.5. The predicted octanol–water partition coefficient (Wildman–Crippen LogP) is 3.81. The van der Waals surface area contributed by atoms with Crippen molar-refractivity contribution in [3.05, 3.63) is 71.9 Å². The molecular weight excluding hydrogens is 340 g/mol. The van der Waals surface area contributed by atoms with Gasteiger partial charge in [0.05, 0.1) is 16.9 Å². The van der Waals surface area contributed by atoms with Crippen LogP contribution in [0.2, 0.25) is 0 Å². The van der Waals surface area contributed by atoms with E-state index in [1.54, 1.807) is 10.7 Å². The SMILES string of the molecule is Cc1cc(-c2nnn3c2nc(/C=C/c2ccccn2)c2ccccc23)no1. The molecule has 130 valence electrons. The van der Waals surface area contributed by atoms with E-state index in [9.17, 15) is 0 Å². The van der Waals surface area contributed by atoms with Gasteiger partial charge < -0.3 is 4.52 Å². The van der Waals surface area contributed by atoms with E-state index in [2.05, 4.69) is 20.5 Å². The van der Waals surface area contributed by atoms with Crippen LogP contribution in [0.15, 0.2) is 59.3 Å². The molecule has 4 heterocycles. The van der Waals surface area contributed by atoms with Crippen LogP contribution in [0.3, 0.4) is 0 Å². The Morgan fingerprint density at radius 1 is 1.04 bits per heavy atom. The van der Waals surface area contributed by atoms with Crippen LogP contribution in [0.1, 0.15) is 17.1 Å². The average Bonchev–Trinajstić information content (AvgIpc) is 3.33. The van der Waals surface area contributed by atoms with Gasteiger partial charge >= 0.3 is 0 Å². The number of nitrogens with zero attached hydrogens (tertiary/aromatic N) is 6. The van der Waals surface area contributed by atoms with E-state index < -0.39 is 0 Å². The maximum atomic E-state index is 5.18. The minimum absolute atomic E-state index is 0.588. The van der Waals surface area contributed by atoms with Crippen LogP contribution in [0.25, 0.3) is 40.1 Å². The molecule has 0 N–H and O–H groups in total. The summed E-state index contributed by atoms with van der Waals surface area (Å²) >= 11 is 0. The van der Waals surface area contributed by atoms with E-state index >= 15 is 0 Å². The monoisotopic (exact) mass is 354 g/mol. The number of fused-ring (bicyclic) bond motifs is 3. The van der Waals surface area contributed by atoms with E-state index in [0.717, 1.165) is 22.3 Å².